The number of likely N-dealkylation sites (tertiary alicyclic amines) is 1. The summed E-state index contributed by atoms with van der Waals surface area (Å²) in [5.41, 5.74) is 0.359. The largest absolute Gasteiger partial charge is 0.388 e. The van der Waals surface area contributed by atoms with Gasteiger partial charge in [-0.1, -0.05) is 19.9 Å². The summed E-state index contributed by atoms with van der Waals surface area (Å²) in [6.07, 6.45) is 4.24. The summed E-state index contributed by atoms with van der Waals surface area (Å²) in [6, 6.07) is 5.75. The lowest BCUT2D eigenvalue weighted by molar-refractivity contribution is -0.0201. The fraction of sp³-hybridized carbons (Fsp3) is 0.619. The molecule has 1 amide bonds. The first-order chi connectivity index (χ1) is 13.4. The molecule has 0 aliphatic carbocycles. The molecule has 2 N–H and O–H groups in total. The molecule has 0 atom stereocenters. The molecule has 0 aromatic carbocycles. The minimum Gasteiger partial charge on any atom is -0.388 e. The Balaban J connectivity index is 1.60. The summed E-state index contributed by atoms with van der Waals surface area (Å²) in [6.45, 7) is 7.78. The van der Waals surface area contributed by atoms with Crippen molar-refractivity contribution in [2.24, 2.45) is 0 Å². The highest BCUT2D eigenvalue weighted by atomic mass is 16.5. The van der Waals surface area contributed by atoms with E-state index in [1.54, 1.807) is 7.11 Å². The van der Waals surface area contributed by atoms with Crippen LogP contribution in [0, 0.1) is 0 Å². The molecular weight excluding hydrogens is 356 g/mol. The molecule has 1 aliphatic rings. The van der Waals surface area contributed by atoms with E-state index in [-0.39, 0.29) is 18.4 Å². The number of amides is 1. The van der Waals surface area contributed by atoms with Gasteiger partial charge in [0.15, 0.2) is 5.69 Å². The maximum Gasteiger partial charge on any atom is 0.272 e. The molecule has 0 saturated carbocycles. The van der Waals surface area contributed by atoms with Crippen LogP contribution in [0.4, 0.5) is 0 Å². The molecule has 7 heteroatoms. The van der Waals surface area contributed by atoms with Gasteiger partial charge in [-0.25, -0.2) is 4.98 Å². The number of ether oxygens (including phenoxy) is 1. The van der Waals surface area contributed by atoms with Crippen LogP contribution < -0.4 is 5.32 Å². The second-order valence-corrected chi connectivity index (χ2v) is 8.02. The van der Waals surface area contributed by atoms with Gasteiger partial charge in [0.25, 0.3) is 5.91 Å². The molecule has 2 aromatic heterocycles. The average molecular weight is 389 g/mol. The van der Waals surface area contributed by atoms with E-state index in [4.69, 9.17) is 4.74 Å². The third-order valence-corrected chi connectivity index (χ3v) is 5.49. The van der Waals surface area contributed by atoms with Crippen LogP contribution in [0.2, 0.25) is 0 Å². The van der Waals surface area contributed by atoms with Crippen molar-refractivity contribution in [3.05, 3.63) is 35.9 Å². The SMILES string of the molecule is COCCCN1CCC(O)(CNC(=O)c2nc(C(C)C)n3ccccc23)CC1. The zero-order chi connectivity index (χ0) is 20.1. The van der Waals surface area contributed by atoms with Gasteiger partial charge in [0, 0.05) is 52.0 Å². The first kappa shape index (κ1) is 20.8. The number of aliphatic hydroxyl groups is 1. The monoisotopic (exact) mass is 388 g/mol. The van der Waals surface area contributed by atoms with Gasteiger partial charge in [0.05, 0.1) is 11.1 Å². The highest BCUT2D eigenvalue weighted by Gasteiger charge is 2.33. The first-order valence-electron chi connectivity index (χ1n) is 10.1. The van der Waals surface area contributed by atoms with Gasteiger partial charge in [-0.15, -0.1) is 0 Å². The van der Waals surface area contributed by atoms with Crippen LogP contribution in [0.25, 0.3) is 5.52 Å². The zero-order valence-corrected chi connectivity index (χ0v) is 17.1. The number of carbonyl (C=O) groups is 1. The summed E-state index contributed by atoms with van der Waals surface area (Å²) in [5.74, 6) is 0.846. The molecule has 3 heterocycles. The lowest BCUT2D eigenvalue weighted by Crippen LogP contribution is -2.51. The quantitative estimate of drug-likeness (QED) is 0.677. The van der Waals surface area contributed by atoms with Crippen LogP contribution in [0.1, 0.15) is 55.3 Å². The predicted octanol–water partition coefficient (Wildman–Crippen LogP) is 2.05. The number of nitrogens with one attached hydrogen (secondary N) is 1. The maximum atomic E-state index is 12.8. The zero-order valence-electron chi connectivity index (χ0n) is 17.1. The van der Waals surface area contributed by atoms with Gasteiger partial charge in [-0.3, -0.25) is 4.79 Å². The smallest absolute Gasteiger partial charge is 0.272 e. The van der Waals surface area contributed by atoms with Crippen LogP contribution in [-0.4, -0.2) is 70.8 Å². The summed E-state index contributed by atoms with van der Waals surface area (Å²) >= 11 is 0. The number of aromatic nitrogens is 2. The number of carbonyl (C=O) groups excluding carboxylic acids is 1. The first-order valence-corrected chi connectivity index (χ1v) is 10.1. The maximum absolute atomic E-state index is 12.8. The third-order valence-electron chi connectivity index (χ3n) is 5.49. The standard InChI is InChI=1S/C21H32N4O3/c1-16(2)19-23-18(17-7-4-5-11-25(17)19)20(26)22-15-21(27)8-12-24(13-9-21)10-6-14-28-3/h4-5,7,11,16,27H,6,8-10,12-15H2,1-3H3,(H,22,26). The van der Waals surface area contributed by atoms with Gasteiger partial charge in [0.1, 0.15) is 5.82 Å². The Morgan fingerprint density at radius 1 is 1.36 bits per heavy atom. The number of piperidine rings is 1. The van der Waals surface area contributed by atoms with Crippen molar-refractivity contribution in [2.75, 3.05) is 39.9 Å². The van der Waals surface area contributed by atoms with Crippen LogP contribution in [0.3, 0.4) is 0 Å². The third kappa shape index (κ3) is 4.71. The average Bonchev–Trinajstić information content (AvgIpc) is 3.08. The highest BCUT2D eigenvalue weighted by Crippen LogP contribution is 2.23. The molecule has 0 bridgehead atoms. The van der Waals surface area contributed by atoms with E-state index in [9.17, 15) is 9.90 Å². The molecule has 0 unspecified atom stereocenters. The lowest BCUT2D eigenvalue weighted by Gasteiger charge is -2.38. The Morgan fingerprint density at radius 3 is 2.79 bits per heavy atom. The van der Waals surface area contributed by atoms with Crippen LogP contribution in [0.15, 0.2) is 24.4 Å². The number of fused-ring (bicyclic) bond motifs is 1. The molecule has 154 valence electrons. The van der Waals surface area contributed by atoms with E-state index in [1.165, 1.54) is 0 Å². The van der Waals surface area contributed by atoms with Gasteiger partial charge in [-0.2, -0.15) is 0 Å². The molecular formula is C21H32N4O3. The minimum atomic E-state index is -0.857. The van der Waals surface area contributed by atoms with E-state index < -0.39 is 5.60 Å². The predicted molar refractivity (Wildman–Crippen MR) is 109 cm³/mol. The molecule has 7 nitrogen and oxygen atoms in total. The Labute approximate surface area is 166 Å². The Morgan fingerprint density at radius 2 is 2.11 bits per heavy atom. The number of nitrogens with zero attached hydrogens (tertiary/aromatic N) is 3. The van der Waals surface area contributed by atoms with Crippen molar-refractivity contribution in [3.8, 4) is 0 Å². The van der Waals surface area contributed by atoms with Crippen LogP contribution in [-0.2, 0) is 4.74 Å². The van der Waals surface area contributed by atoms with Crippen molar-refractivity contribution < 1.29 is 14.6 Å². The molecule has 3 rings (SSSR count). The molecule has 1 saturated heterocycles. The number of imidazole rings is 1. The number of methoxy groups -OCH3 is 1. The van der Waals surface area contributed by atoms with Crippen molar-refractivity contribution >= 4 is 11.4 Å². The number of rotatable bonds is 8. The van der Waals surface area contributed by atoms with E-state index >= 15 is 0 Å². The number of pyridine rings is 1. The second kappa shape index (κ2) is 9.03. The fourth-order valence-electron chi connectivity index (χ4n) is 3.77. The summed E-state index contributed by atoms with van der Waals surface area (Å²) in [4.78, 5) is 19.7. The summed E-state index contributed by atoms with van der Waals surface area (Å²) < 4.78 is 7.06. The van der Waals surface area contributed by atoms with Gasteiger partial charge in [-0.05, 0) is 31.4 Å². The topological polar surface area (TPSA) is 79.1 Å². The molecule has 28 heavy (non-hydrogen) atoms. The fourth-order valence-corrected chi connectivity index (χ4v) is 3.77. The van der Waals surface area contributed by atoms with E-state index in [0.29, 0.717) is 18.5 Å². The molecule has 0 radical (unpaired) electrons. The van der Waals surface area contributed by atoms with E-state index in [0.717, 1.165) is 44.0 Å². The van der Waals surface area contributed by atoms with Crippen molar-refractivity contribution in [2.45, 2.75) is 44.6 Å². The van der Waals surface area contributed by atoms with Gasteiger partial charge >= 0.3 is 0 Å². The summed E-state index contributed by atoms with van der Waals surface area (Å²) in [7, 11) is 1.71. The van der Waals surface area contributed by atoms with Crippen LogP contribution >= 0.6 is 0 Å². The Bertz CT molecular complexity index is 794. The highest BCUT2D eigenvalue weighted by molar-refractivity contribution is 5.99. The molecule has 1 fully saturated rings. The summed E-state index contributed by atoms with van der Waals surface area (Å²) in [5, 5.41) is 13.8. The van der Waals surface area contributed by atoms with Gasteiger partial charge in [0.2, 0.25) is 0 Å². The lowest BCUT2D eigenvalue weighted by atomic mass is 9.91. The molecule has 2 aromatic rings. The second-order valence-electron chi connectivity index (χ2n) is 8.02. The number of hydrogen-bond donors (Lipinski definition) is 2. The normalized spacial score (nSPS) is 17.3. The van der Waals surface area contributed by atoms with Crippen molar-refractivity contribution in [3.63, 3.8) is 0 Å². The van der Waals surface area contributed by atoms with Crippen molar-refractivity contribution in [1.29, 1.82) is 0 Å². The Hall–Kier alpha value is -1.96. The van der Waals surface area contributed by atoms with E-state index in [2.05, 4.69) is 29.0 Å². The molecule has 1 aliphatic heterocycles. The van der Waals surface area contributed by atoms with Crippen LogP contribution in [0.5, 0.6) is 0 Å². The molecule has 0 spiro atoms. The Kier molecular flexibility index (Phi) is 6.69. The van der Waals surface area contributed by atoms with Gasteiger partial charge < -0.3 is 24.5 Å². The minimum absolute atomic E-state index is 0.211. The van der Waals surface area contributed by atoms with Crippen molar-refractivity contribution in [1.82, 2.24) is 19.6 Å². The van der Waals surface area contributed by atoms with E-state index in [1.807, 2.05) is 28.8 Å². The number of hydrogen-bond acceptors (Lipinski definition) is 5.